The SMILES string of the molecule is O=C(O)/C=C(\CO)C1CCCCC1. The number of aliphatic carboxylic acids is 1. The Balaban J connectivity index is 2.58. The summed E-state index contributed by atoms with van der Waals surface area (Å²) in [4.78, 5) is 10.4. The van der Waals surface area contributed by atoms with Crippen molar-refractivity contribution in [1.29, 1.82) is 0 Å². The summed E-state index contributed by atoms with van der Waals surface area (Å²) < 4.78 is 0. The smallest absolute Gasteiger partial charge is 0.328 e. The minimum Gasteiger partial charge on any atom is -0.478 e. The van der Waals surface area contributed by atoms with Gasteiger partial charge in [-0.3, -0.25) is 0 Å². The third-order valence-corrected chi connectivity index (χ3v) is 2.62. The maximum Gasteiger partial charge on any atom is 0.328 e. The number of aliphatic hydroxyl groups excluding tert-OH is 1. The summed E-state index contributed by atoms with van der Waals surface area (Å²) in [6, 6.07) is 0. The Morgan fingerprint density at radius 2 is 1.92 bits per heavy atom. The number of carbonyl (C=O) groups is 1. The standard InChI is InChI=1S/C10H16O3/c11-7-9(6-10(12)13)8-4-2-1-3-5-8/h6,8,11H,1-5,7H2,(H,12,13)/b9-6+. The van der Waals surface area contributed by atoms with Crippen LogP contribution < -0.4 is 0 Å². The van der Waals surface area contributed by atoms with Gasteiger partial charge in [0.25, 0.3) is 0 Å². The van der Waals surface area contributed by atoms with Crippen molar-refractivity contribution >= 4 is 5.97 Å². The molecule has 3 heteroatoms. The van der Waals surface area contributed by atoms with Crippen LogP contribution >= 0.6 is 0 Å². The van der Waals surface area contributed by atoms with Gasteiger partial charge >= 0.3 is 5.97 Å². The Morgan fingerprint density at radius 3 is 2.38 bits per heavy atom. The van der Waals surface area contributed by atoms with Crippen LogP contribution in [0.5, 0.6) is 0 Å². The summed E-state index contributed by atoms with van der Waals surface area (Å²) in [6.45, 7) is -0.114. The lowest BCUT2D eigenvalue weighted by atomic mass is 9.84. The van der Waals surface area contributed by atoms with Crippen molar-refractivity contribution < 1.29 is 15.0 Å². The Morgan fingerprint density at radius 1 is 1.31 bits per heavy atom. The number of hydrogen-bond donors (Lipinski definition) is 2. The monoisotopic (exact) mass is 184 g/mol. The van der Waals surface area contributed by atoms with E-state index < -0.39 is 5.97 Å². The maximum absolute atomic E-state index is 10.4. The van der Waals surface area contributed by atoms with E-state index in [2.05, 4.69) is 0 Å². The zero-order valence-corrected chi connectivity index (χ0v) is 7.70. The Kier molecular flexibility index (Phi) is 3.96. The predicted molar refractivity (Wildman–Crippen MR) is 49.4 cm³/mol. The molecule has 0 unspecified atom stereocenters. The highest BCUT2D eigenvalue weighted by molar-refractivity contribution is 5.80. The van der Waals surface area contributed by atoms with Crippen LogP contribution in [0, 0.1) is 5.92 Å². The number of carboxylic acid groups (broad SMARTS) is 1. The van der Waals surface area contributed by atoms with E-state index in [1.165, 1.54) is 6.42 Å². The molecule has 0 saturated heterocycles. The number of aliphatic hydroxyl groups is 1. The topological polar surface area (TPSA) is 57.5 Å². The first-order valence-corrected chi connectivity index (χ1v) is 4.78. The summed E-state index contributed by atoms with van der Waals surface area (Å²) in [6.07, 6.45) is 6.76. The van der Waals surface area contributed by atoms with E-state index in [4.69, 9.17) is 10.2 Å². The van der Waals surface area contributed by atoms with Crippen LogP contribution in [0.15, 0.2) is 11.6 Å². The van der Waals surface area contributed by atoms with Crippen LogP contribution in [0.2, 0.25) is 0 Å². The van der Waals surface area contributed by atoms with E-state index in [9.17, 15) is 4.79 Å². The molecule has 2 N–H and O–H groups in total. The highest BCUT2D eigenvalue weighted by Gasteiger charge is 2.17. The van der Waals surface area contributed by atoms with E-state index in [0.717, 1.165) is 31.8 Å². The van der Waals surface area contributed by atoms with Gasteiger partial charge in [0.2, 0.25) is 0 Å². The van der Waals surface area contributed by atoms with Crippen molar-refractivity contribution in [3.63, 3.8) is 0 Å². The molecule has 0 spiro atoms. The van der Waals surface area contributed by atoms with Gasteiger partial charge in [0, 0.05) is 6.08 Å². The molecule has 1 rings (SSSR count). The van der Waals surface area contributed by atoms with E-state index in [1.54, 1.807) is 0 Å². The average Bonchev–Trinajstić information content (AvgIpc) is 2.15. The molecule has 0 atom stereocenters. The molecular weight excluding hydrogens is 168 g/mol. The van der Waals surface area contributed by atoms with Crippen molar-refractivity contribution in [2.45, 2.75) is 32.1 Å². The van der Waals surface area contributed by atoms with E-state index >= 15 is 0 Å². The van der Waals surface area contributed by atoms with Crippen LogP contribution in [0.25, 0.3) is 0 Å². The molecule has 3 nitrogen and oxygen atoms in total. The van der Waals surface area contributed by atoms with Gasteiger partial charge in [-0.1, -0.05) is 19.3 Å². The van der Waals surface area contributed by atoms with Gasteiger partial charge in [-0.25, -0.2) is 4.79 Å². The predicted octanol–water partition coefficient (Wildman–Crippen LogP) is 1.57. The van der Waals surface area contributed by atoms with Crippen LogP contribution in [0.3, 0.4) is 0 Å². The summed E-state index contributed by atoms with van der Waals surface area (Å²) in [5, 5.41) is 17.6. The fraction of sp³-hybridized carbons (Fsp3) is 0.700. The van der Waals surface area contributed by atoms with Crippen LogP contribution in [-0.2, 0) is 4.79 Å². The van der Waals surface area contributed by atoms with Gasteiger partial charge in [0.1, 0.15) is 0 Å². The molecule has 1 aliphatic carbocycles. The molecule has 0 aromatic rings. The molecule has 13 heavy (non-hydrogen) atoms. The van der Waals surface area contributed by atoms with Crippen molar-refractivity contribution in [2.75, 3.05) is 6.61 Å². The van der Waals surface area contributed by atoms with Crippen LogP contribution in [0.4, 0.5) is 0 Å². The number of rotatable bonds is 3. The summed E-state index contributed by atoms with van der Waals surface area (Å²) in [5.41, 5.74) is 0.687. The third kappa shape index (κ3) is 3.19. The molecule has 1 saturated carbocycles. The second-order valence-electron chi connectivity index (χ2n) is 3.55. The zero-order chi connectivity index (χ0) is 9.68. The number of carboxylic acids is 1. The molecule has 1 fully saturated rings. The van der Waals surface area contributed by atoms with Gasteiger partial charge in [-0.2, -0.15) is 0 Å². The largest absolute Gasteiger partial charge is 0.478 e. The van der Waals surface area contributed by atoms with Gasteiger partial charge in [0.15, 0.2) is 0 Å². The zero-order valence-electron chi connectivity index (χ0n) is 7.70. The van der Waals surface area contributed by atoms with Crippen molar-refractivity contribution in [3.05, 3.63) is 11.6 Å². The summed E-state index contributed by atoms with van der Waals surface area (Å²) >= 11 is 0. The molecule has 74 valence electrons. The molecule has 0 heterocycles. The summed E-state index contributed by atoms with van der Waals surface area (Å²) in [7, 11) is 0. The van der Waals surface area contributed by atoms with Gasteiger partial charge in [-0.05, 0) is 24.3 Å². The van der Waals surface area contributed by atoms with E-state index in [-0.39, 0.29) is 6.61 Å². The lowest BCUT2D eigenvalue weighted by Crippen LogP contribution is -2.13. The lowest BCUT2D eigenvalue weighted by molar-refractivity contribution is -0.131. The van der Waals surface area contributed by atoms with Crippen molar-refractivity contribution in [3.8, 4) is 0 Å². The first-order valence-electron chi connectivity index (χ1n) is 4.78. The molecule has 0 aliphatic heterocycles. The molecule has 0 amide bonds. The molecule has 0 bridgehead atoms. The van der Waals surface area contributed by atoms with Crippen molar-refractivity contribution in [1.82, 2.24) is 0 Å². The fourth-order valence-electron chi connectivity index (χ4n) is 1.92. The molecule has 0 aromatic heterocycles. The second-order valence-corrected chi connectivity index (χ2v) is 3.55. The van der Waals surface area contributed by atoms with Crippen molar-refractivity contribution in [2.24, 2.45) is 5.92 Å². The number of hydrogen-bond acceptors (Lipinski definition) is 2. The van der Waals surface area contributed by atoms with Gasteiger partial charge in [-0.15, -0.1) is 0 Å². The van der Waals surface area contributed by atoms with Crippen LogP contribution in [-0.4, -0.2) is 22.8 Å². The highest BCUT2D eigenvalue weighted by Crippen LogP contribution is 2.29. The fourth-order valence-corrected chi connectivity index (χ4v) is 1.92. The molecule has 0 radical (unpaired) electrons. The lowest BCUT2D eigenvalue weighted by Gasteiger charge is -2.22. The van der Waals surface area contributed by atoms with Gasteiger partial charge in [0.05, 0.1) is 6.61 Å². The Bertz CT molecular complexity index is 202. The maximum atomic E-state index is 10.4. The van der Waals surface area contributed by atoms with E-state index in [0.29, 0.717) is 11.5 Å². The molecular formula is C10H16O3. The van der Waals surface area contributed by atoms with Gasteiger partial charge < -0.3 is 10.2 Å². The average molecular weight is 184 g/mol. The first-order chi connectivity index (χ1) is 6.24. The quantitative estimate of drug-likeness (QED) is 0.654. The highest BCUT2D eigenvalue weighted by atomic mass is 16.4. The van der Waals surface area contributed by atoms with Crippen LogP contribution in [0.1, 0.15) is 32.1 Å². The normalized spacial score (nSPS) is 20.2. The summed E-state index contributed by atoms with van der Waals surface area (Å²) in [5.74, 6) is -0.649. The first kappa shape index (κ1) is 10.3. The third-order valence-electron chi connectivity index (χ3n) is 2.62. The minimum absolute atomic E-state index is 0.114. The Hall–Kier alpha value is -0.830. The second kappa shape index (κ2) is 5.02. The minimum atomic E-state index is -0.949. The van der Waals surface area contributed by atoms with E-state index in [1.807, 2.05) is 0 Å². The molecule has 0 aromatic carbocycles. The Labute approximate surface area is 78.1 Å². The molecule has 1 aliphatic rings.